The number of amides is 1. The molecule has 5 aromatic rings. The second-order valence-corrected chi connectivity index (χ2v) is 21.1. The lowest BCUT2D eigenvalue weighted by molar-refractivity contribution is -0.191. The normalized spacial score (nSPS) is 15.1. The summed E-state index contributed by atoms with van der Waals surface area (Å²) in [7, 11) is 2.54. The van der Waals surface area contributed by atoms with Gasteiger partial charge in [0.25, 0.3) is 5.56 Å². The number of nitrogens with zero attached hydrogens (tertiary/aromatic N) is 4. The maximum absolute atomic E-state index is 13.7. The van der Waals surface area contributed by atoms with E-state index in [1.54, 1.807) is 24.8 Å². The smallest absolute Gasteiger partial charge is 0.416 e. The third-order valence-corrected chi connectivity index (χ3v) is 14.2. The van der Waals surface area contributed by atoms with Gasteiger partial charge in [-0.1, -0.05) is 78.9 Å². The molecule has 2 aromatic carbocycles. The molecule has 1 unspecified atom stereocenters. The van der Waals surface area contributed by atoms with Crippen molar-refractivity contribution in [3.63, 3.8) is 0 Å². The number of aromatic nitrogens is 3. The van der Waals surface area contributed by atoms with Gasteiger partial charge in [0.05, 0.1) is 50.6 Å². The van der Waals surface area contributed by atoms with Crippen LogP contribution in [0.3, 0.4) is 0 Å². The zero-order valence-electron chi connectivity index (χ0n) is 45.9. The van der Waals surface area contributed by atoms with Crippen molar-refractivity contribution < 1.29 is 59.8 Å². The van der Waals surface area contributed by atoms with Crippen molar-refractivity contribution in [2.45, 2.75) is 158 Å². The van der Waals surface area contributed by atoms with Crippen LogP contribution in [0.5, 0.6) is 0 Å². The molecule has 1 aliphatic heterocycles. The first-order chi connectivity index (χ1) is 36.6. The zero-order chi connectivity index (χ0) is 57.8. The van der Waals surface area contributed by atoms with Crippen molar-refractivity contribution in [2.75, 3.05) is 20.8 Å². The lowest BCUT2D eigenvalue weighted by Crippen LogP contribution is -2.51. The fourth-order valence-corrected chi connectivity index (χ4v) is 10.2. The minimum absolute atomic E-state index is 0. The Morgan fingerprint density at radius 1 is 0.625 bits per heavy atom. The molecule has 12 nitrogen and oxygen atoms in total. The highest BCUT2D eigenvalue weighted by Crippen LogP contribution is 2.38. The molecule has 1 aliphatic rings. The molecule has 18 heteroatoms. The molecule has 5 atom stereocenters. The Kier molecular flexibility index (Phi) is 24.8. The minimum atomic E-state index is -4.67. The summed E-state index contributed by atoms with van der Waals surface area (Å²) >= 11 is 0. The monoisotopic (exact) mass is 1120 g/mol. The van der Waals surface area contributed by atoms with Crippen LogP contribution >= 0.6 is 0 Å². The second kappa shape index (κ2) is 29.5. The Hall–Kier alpha value is -6.98. The summed E-state index contributed by atoms with van der Waals surface area (Å²) in [6, 6.07) is 15.2. The van der Waals surface area contributed by atoms with Gasteiger partial charge in [-0.15, -0.1) is 0 Å². The summed E-state index contributed by atoms with van der Waals surface area (Å²) in [4.78, 5) is 87.7. The average Bonchev–Trinajstić information content (AvgIpc) is 3.36. The van der Waals surface area contributed by atoms with Gasteiger partial charge in [-0.05, 0) is 121 Å². The number of ether oxygens (including phenoxy) is 2. The van der Waals surface area contributed by atoms with Crippen molar-refractivity contribution in [3.8, 4) is 22.3 Å². The Morgan fingerprint density at radius 3 is 1.43 bits per heavy atom. The lowest BCUT2D eigenvalue weighted by atomic mass is 9.85. The summed E-state index contributed by atoms with van der Waals surface area (Å²) in [5.41, 5.74) is 7.29. The van der Waals surface area contributed by atoms with Gasteiger partial charge in [0.2, 0.25) is 5.91 Å². The molecule has 0 saturated carbocycles. The van der Waals surface area contributed by atoms with Gasteiger partial charge in [-0.2, -0.15) is 26.3 Å². The number of halogens is 6. The Bertz CT molecular complexity index is 2950. The van der Waals surface area contributed by atoms with Crippen LogP contribution in [0, 0.1) is 45.4 Å². The Balaban J connectivity index is 0.000000410. The van der Waals surface area contributed by atoms with E-state index in [2.05, 4.69) is 9.97 Å². The number of carbonyl (C=O) groups is 5. The van der Waals surface area contributed by atoms with E-state index in [4.69, 9.17) is 9.47 Å². The van der Waals surface area contributed by atoms with Crippen LogP contribution in [-0.4, -0.2) is 81.8 Å². The highest BCUT2D eigenvalue weighted by molar-refractivity contribution is 5.90. The van der Waals surface area contributed by atoms with Crippen LogP contribution in [0.2, 0.25) is 0 Å². The summed E-state index contributed by atoms with van der Waals surface area (Å²) in [6.45, 7) is 15.4. The van der Waals surface area contributed by atoms with E-state index in [-0.39, 0.29) is 83.3 Å². The predicted octanol–water partition coefficient (Wildman–Crippen LogP) is 13.9. The highest BCUT2D eigenvalue weighted by atomic mass is 19.4. The molecule has 0 radical (unpaired) electrons. The molecule has 1 saturated heterocycles. The average molecular weight is 1120 g/mol. The first-order valence-corrected chi connectivity index (χ1v) is 26.0. The molecule has 0 bridgehead atoms. The minimum Gasteiger partial charge on any atom is -0.469 e. The standard InChI is InChI=1S/C30H37F3N2O4.C30H33F3N2O4.2CH4/c2*1-18(2)11-25(35-10-9-24(15-27(35)37)30(31,32)33)26(36)13-21(14-28(38)39-5)22-12-23(17-34-16-22)29-19(3)7-6-8-20(29)4;;/h6-8,12,16-18,21,24-25H,9-11,13-15H2,1-5H3;6-10,12,15-18,21,25H,11,13-14H2,1-5H3;2*1H4/t21-,24?,25+;21-,25+;;/m00../s1. The number of hydrogen-bond donors (Lipinski definition) is 0. The molecular formula is C62H78F6N4O8. The molecule has 0 aliphatic carbocycles. The number of ketones is 2. The van der Waals surface area contributed by atoms with E-state index in [0.717, 1.165) is 61.3 Å². The summed E-state index contributed by atoms with van der Waals surface area (Å²) in [5.74, 6) is -5.19. The van der Waals surface area contributed by atoms with Crippen molar-refractivity contribution in [1.29, 1.82) is 0 Å². The maximum atomic E-state index is 13.7. The molecule has 3 aromatic heterocycles. The SMILES string of the molecule is C.C.COC(=O)C[C@H](CC(=O)[C@@H](CC(C)C)N1CCC(C(F)(F)F)CC1=O)c1cncc(-c2c(C)cccc2C)c1.COC(=O)C[C@H](CC(=O)[C@@H](CC(C)C)n1ccc(C(F)(F)F)cc1=O)c1cncc(-c2c(C)cccc2C)c1. The number of Topliss-reactive ketones (excluding diaryl/α,β-unsaturated/α-hetero) is 2. The second-order valence-electron chi connectivity index (χ2n) is 21.1. The van der Waals surface area contributed by atoms with E-state index >= 15 is 0 Å². The third-order valence-electron chi connectivity index (χ3n) is 14.2. The number of aryl methyl sites for hydroxylation is 4. The highest BCUT2D eigenvalue weighted by Gasteiger charge is 2.46. The molecule has 0 N–H and O–H groups in total. The molecule has 1 amide bonds. The molecular weight excluding hydrogens is 1040 g/mol. The fraction of sp³-hybridized carbons (Fsp3) is 0.484. The number of alkyl halides is 6. The molecule has 4 heterocycles. The van der Waals surface area contributed by atoms with Gasteiger partial charge in [0.15, 0.2) is 11.6 Å². The number of pyridine rings is 3. The van der Waals surface area contributed by atoms with E-state index in [1.165, 1.54) is 19.1 Å². The van der Waals surface area contributed by atoms with Crippen molar-refractivity contribution in [3.05, 3.63) is 141 Å². The fourth-order valence-electron chi connectivity index (χ4n) is 10.2. The first-order valence-electron chi connectivity index (χ1n) is 26.0. The van der Waals surface area contributed by atoms with E-state index in [0.29, 0.717) is 23.6 Å². The summed E-state index contributed by atoms with van der Waals surface area (Å²) < 4.78 is 89.9. The van der Waals surface area contributed by atoms with Crippen LogP contribution in [0.1, 0.15) is 151 Å². The number of carbonyl (C=O) groups excluding carboxylic acids is 5. The molecule has 6 rings (SSSR count). The van der Waals surface area contributed by atoms with Gasteiger partial charge in [0.1, 0.15) is 0 Å². The van der Waals surface area contributed by atoms with Crippen LogP contribution in [0.15, 0.2) is 96.4 Å². The number of benzene rings is 2. The maximum Gasteiger partial charge on any atom is 0.416 e. The first kappa shape index (κ1) is 67.3. The third kappa shape index (κ3) is 18.0. The van der Waals surface area contributed by atoms with E-state index in [1.807, 2.05) is 104 Å². The predicted molar refractivity (Wildman–Crippen MR) is 298 cm³/mol. The zero-order valence-corrected chi connectivity index (χ0v) is 45.9. The topological polar surface area (TPSA) is 155 Å². The van der Waals surface area contributed by atoms with Gasteiger partial charge in [-0.25, -0.2) is 0 Å². The molecule has 80 heavy (non-hydrogen) atoms. The van der Waals surface area contributed by atoms with Gasteiger partial charge >= 0.3 is 24.3 Å². The van der Waals surface area contributed by atoms with E-state index in [9.17, 15) is 55.1 Å². The van der Waals surface area contributed by atoms with Crippen LogP contribution < -0.4 is 5.56 Å². The quantitative estimate of drug-likeness (QED) is 0.0543. The molecule has 0 spiro atoms. The summed E-state index contributed by atoms with van der Waals surface area (Å²) in [5, 5.41) is 0. The van der Waals surface area contributed by atoms with Crippen molar-refractivity contribution in [2.24, 2.45) is 17.8 Å². The number of rotatable bonds is 20. The van der Waals surface area contributed by atoms with Gasteiger partial charge in [-0.3, -0.25) is 38.7 Å². The number of likely N-dealkylation sites (tertiary alicyclic amines) is 1. The van der Waals surface area contributed by atoms with Gasteiger partial charge in [0, 0.05) is 85.8 Å². The Labute approximate surface area is 466 Å². The summed E-state index contributed by atoms with van der Waals surface area (Å²) in [6.07, 6.45) is -2.10. The molecule has 436 valence electrons. The number of esters is 2. The lowest BCUT2D eigenvalue weighted by Gasteiger charge is -2.38. The number of hydrogen-bond acceptors (Lipinski definition) is 10. The largest absolute Gasteiger partial charge is 0.469 e. The van der Waals surface area contributed by atoms with Crippen LogP contribution in [-0.2, 0) is 39.6 Å². The molecule has 1 fully saturated rings. The Morgan fingerprint density at radius 2 is 1.05 bits per heavy atom. The van der Waals surface area contributed by atoms with Crippen molar-refractivity contribution in [1.82, 2.24) is 19.4 Å². The van der Waals surface area contributed by atoms with Crippen molar-refractivity contribution >= 4 is 29.4 Å². The number of piperidine rings is 1. The van der Waals surface area contributed by atoms with Gasteiger partial charge < -0.3 is 18.9 Å². The van der Waals surface area contributed by atoms with Crippen LogP contribution in [0.4, 0.5) is 26.3 Å². The van der Waals surface area contributed by atoms with E-state index < -0.39 is 77.6 Å². The van der Waals surface area contributed by atoms with Crippen LogP contribution in [0.25, 0.3) is 22.3 Å². The number of methoxy groups -OCH3 is 2.